The first-order valence-corrected chi connectivity index (χ1v) is 5.91. The maximum atomic E-state index is 5.49. The lowest BCUT2D eigenvalue weighted by Crippen LogP contribution is -2.26. The van der Waals surface area contributed by atoms with E-state index >= 15 is 0 Å². The van der Waals surface area contributed by atoms with Gasteiger partial charge in [0.25, 0.3) is 0 Å². The third-order valence-corrected chi connectivity index (χ3v) is 3.80. The lowest BCUT2D eigenvalue weighted by molar-refractivity contribution is 0.174. The summed E-state index contributed by atoms with van der Waals surface area (Å²) in [5.74, 6) is 1.68. The molecule has 0 bridgehead atoms. The number of thiophene rings is 1. The SMILES string of the molecule is c1sc2c(c1C1CCNCC1)OCO2. The zero-order valence-electron chi connectivity index (χ0n) is 7.91. The van der Waals surface area contributed by atoms with Gasteiger partial charge in [-0.05, 0) is 31.8 Å². The smallest absolute Gasteiger partial charge is 0.232 e. The minimum Gasteiger partial charge on any atom is -0.452 e. The number of fused-ring (bicyclic) bond motifs is 1. The number of nitrogens with one attached hydrogen (secondary N) is 1. The van der Waals surface area contributed by atoms with Crippen molar-refractivity contribution in [2.24, 2.45) is 0 Å². The van der Waals surface area contributed by atoms with E-state index in [1.807, 2.05) is 0 Å². The van der Waals surface area contributed by atoms with Gasteiger partial charge in [-0.1, -0.05) is 0 Å². The van der Waals surface area contributed by atoms with Gasteiger partial charge in [0.05, 0.1) is 0 Å². The minimum absolute atomic E-state index is 0.403. The highest BCUT2D eigenvalue weighted by Crippen LogP contribution is 2.46. The van der Waals surface area contributed by atoms with Gasteiger partial charge in [0, 0.05) is 10.9 Å². The third-order valence-electron chi connectivity index (χ3n) is 2.91. The van der Waals surface area contributed by atoms with E-state index in [-0.39, 0.29) is 0 Å². The molecule has 2 aliphatic rings. The van der Waals surface area contributed by atoms with Crippen LogP contribution in [0.3, 0.4) is 0 Å². The number of rotatable bonds is 1. The van der Waals surface area contributed by atoms with Crippen molar-refractivity contribution in [3.05, 3.63) is 10.9 Å². The average molecular weight is 211 g/mol. The lowest BCUT2D eigenvalue weighted by Gasteiger charge is -2.22. The van der Waals surface area contributed by atoms with Crippen LogP contribution >= 0.6 is 11.3 Å². The van der Waals surface area contributed by atoms with Crippen molar-refractivity contribution in [3.8, 4) is 10.8 Å². The molecule has 0 atom stereocenters. The molecule has 76 valence electrons. The second-order valence-corrected chi connectivity index (χ2v) is 4.58. The summed E-state index contributed by atoms with van der Waals surface area (Å²) in [6.45, 7) is 2.65. The van der Waals surface area contributed by atoms with Crippen LogP contribution in [0.25, 0.3) is 0 Å². The Morgan fingerprint density at radius 3 is 3.00 bits per heavy atom. The molecule has 0 amide bonds. The van der Waals surface area contributed by atoms with Gasteiger partial charge in [-0.2, -0.15) is 0 Å². The van der Waals surface area contributed by atoms with Crippen LogP contribution in [0.15, 0.2) is 5.38 Å². The molecule has 1 aromatic heterocycles. The normalized spacial score (nSPS) is 21.4. The standard InChI is InChI=1S/C10H13NO2S/c1-3-11-4-2-7(1)8-5-14-10-9(8)12-6-13-10/h5,7,11H,1-4,6H2. The Hall–Kier alpha value is -0.740. The maximum Gasteiger partial charge on any atom is 0.232 e. The van der Waals surface area contributed by atoms with Crippen molar-refractivity contribution in [1.29, 1.82) is 0 Å². The van der Waals surface area contributed by atoms with Gasteiger partial charge in [0.1, 0.15) is 0 Å². The van der Waals surface area contributed by atoms with E-state index in [1.54, 1.807) is 11.3 Å². The Bertz CT molecular complexity index is 331. The van der Waals surface area contributed by atoms with Crippen LogP contribution in [0.5, 0.6) is 10.8 Å². The fraction of sp³-hybridized carbons (Fsp3) is 0.600. The highest BCUT2D eigenvalue weighted by atomic mass is 32.1. The van der Waals surface area contributed by atoms with Crippen LogP contribution < -0.4 is 14.8 Å². The molecular formula is C10H13NO2S. The van der Waals surface area contributed by atoms with E-state index < -0.39 is 0 Å². The predicted molar refractivity (Wildman–Crippen MR) is 55.3 cm³/mol. The van der Waals surface area contributed by atoms with Crippen molar-refractivity contribution < 1.29 is 9.47 Å². The molecule has 14 heavy (non-hydrogen) atoms. The molecule has 0 spiro atoms. The van der Waals surface area contributed by atoms with Crippen LogP contribution in [0.4, 0.5) is 0 Å². The Balaban J connectivity index is 1.88. The third kappa shape index (κ3) is 1.29. The van der Waals surface area contributed by atoms with Crippen LogP contribution in [0, 0.1) is 0 Å². The van der Waals surface area contributed by atoms with Crippen molar-refractivity contribution in [1.82, 2.24) is 5.32 Å². The largest absolute Gasteiger partial charge is 0.452 e. The fourth-order valence-electron chi connectivity index (χ4n) is 2.14. The topological polar surface area (TPSA) is 30.5 Å². The molecule has 1 N–H and O–H groups in total. The van der Waals surface area contributed by atoms with Gasteiger partial charge in [-0.15, -0.1) is 11.3 Å². The molecule has 3 nitrogen and oxygen atoms in total. The van der Waals surface area contributed by atoms with Crippen LogP contribution in [-0.2, 0) is 0 Å². The highest BCUT2D eigenvalue weighted by Gasteiger charge is 2.26. The Labute approximate surface area is 87.0 Å². The molecule has 0 saturated carbocycles. The second-order valence-electron chi connectivity index (χ2n) is 3.74. The molecule has 4 heteroatoms. The first kappa shape index (κ1) is 8.56. The number of piperidine rings is 1. The summed E-state index contributed by atoms with van der Waals surface area (Å²) in [4.78, 5) is 0. The molecule has 0 radical (unpaired) electrons. The zero-order chi connectivity index (χ0) is 9.38. The molecule has 0 aromatic carbocycles. The van der Waals surface area contributed by atoms with Crippen molar-refractivity contribution in [3.63, 3.8) is 0 Å². The van der Waals surface area contributed by atoms with Crippen molar-refractivity contribution in [2.45, 2.75) is 18.8 Å². The second kappa shape index (κ2) is 3.44. The molecular weight excluding hydrogens is 198 g/mol. The molecule has 3 rings (SSSR count). The molecule has 2 aliphatic heterocycles. The van der Waals surface area contributed by atoms with Crippen LogP contribution in [0.2, 0.25) is 0 Å². The average Bonchev–Trinajstić information content (AvgIpc) is 2.79. The van der Waals surface area contributed by atoms with E-state index in [1.165, 1.54) is 18.4 Å². The van der Waals surface area contributed by atoms with Gasteiger partial charge >= 0.3 is 0 Å². The summed E-state index contributed by atoms with van der Waals surface area (Å²) in [7, 11) is 0. The minimum atomic E-state index is 0.403. The first-order valence-electron chi connectivity index (χ1n) is 5.03. The Kier molecular flexibility index (Phi) is 2.10. The molecule has 0 unspecified atom stereocenters. The summed E-state index contributed by atoms with van der Waals surface area (Å²) < 4.78 is 10.8. The number of hydrogen-bond donors (Lipinski definition) is 1. The van der Waals surface area contributed by atoms with E-state index in [4.69, 9.17) is 9.47 Å². The van der Waals surface area contributed by atoms with E-state index in [0.717, 1.165) is 23.9 Å². The number of hydrogen-bond acceptors (Lipinski definition) is 4. The van der Waals surface area contributed by atoms with Gasteiger partial charge in [-0.3, -0.25) is 0 Å². The van der Waals surface area contributed by atoms with E-state index in [9.17, 15) is 0 Å². The van der Waals surface area contributed by atoms with E-state index in [0.29, 0.717) is 12.7 Å². The summed E-state index contributed by atoms with van der Waals surface area (Å²) in [6.07, 6.45) is 2.43. The fourth-order valence-corrected chi connectivity index (χ4v) is 3.07. The number of ether oxygens (including phenoxy) is 2. The summed E-state index contributed by atoms with van der Waals surface area (Å²) in [5, 5.41) is 6.54. The summed E-state index contributed by atoms with van der Waals surface area (Å²) in [5.41, 5.74) is 1.36. The first-order chi connectivity index (χ1) is 6.95. The maximum absolute atomic E-state index is 5.49. The van der Waals surface area contributed by atoms with Crippen LogP contribution in [0.1, 0.15) is 24.3 Å². The molecule has 1 aromatic rings. The predicted octanol–water partition coefficient (Wildman–Crippen LogP) is 1.94. The molecule has 0 aliphatic carbocycles. The quantitative estimate of drug-likeness (QED) is 0.770. The summed E-state index contributed by atoms with van der Waals surface area (Å²) >= 11 is 1.66. The summed E-state index contributed by atoms with van der Waals surface area (Å²) in [6, 6.07) is 0. The Morgan fingerprint density at radius 1 is 1.29 bits per heavy atom. The van der Waals surface area contributed by atoms with Gasteiger partial charge in [0.15, 0.2) is 5.75 Å². The highest BCUT2D eigenvalue weighted by molar-refractivity contribution is 7.12. The van der Waals surface area contributed by atoms with Gasteiger partial charge in [-0.25, -0.2) is 0 Å². The lowest BCUT2D eigenvalue weighted by atomic mass is 9.92. The van der Waals surface area contributed by atoms with E-state index in [2.05, 4.69) is 10.7 Å². The monoisotopic (exact) mass is 211 g/mol. The zero-order valence-corrected chi connectivity index (χ0v) is 8.73. The molecule has 3 heterocycles. The van der Waals surface area contributed by atoms with Crippen molar-refractivity contribution >= 4 is 11.3 Å². The molecule has 1 fully saturated rings. The van der Waals surface area contributed by atoms with Gasteiger partial charge < -0.3 is 14.8 Å². The van der Waals surface area contributed by atoms with Gasteiger partial charge in [0.2, 0.25) is 11.9 Å². The molecule has 1 saturated heterocycles. The Morgan fingerprint density at radius 2 is 2.14 bits per heavy atom. The van der Waals surface area contributed by atoms with Crippen molar-refractivity contribution in [2.75, 3.05) is 19.9 Å². The van der Waals surface area contributed by atoms with Crippen LogP contribution in [-0.4, -0.2) is 19.9 Å².